The predicted octanol–water partition coefficient (Wildman–Crippen LogP) is 4.16. The Bertz CT molecular complexity index is 414. The Kier molecular flexibility index (Phi) is 2.82. The highest BCUT2D eigenvalue weighted by molar-refractivity contribution is 6.31. The number of aryl methyl sites for hydroxylation is 1. The number of halogens is 3. The maximum Gasteiger partial charge on any atom is 0.279 e. The van der Waals surface area contributed by atoms with E-state index in [0.29, 0.717) is 17.9 Å². The third-order valence-corrected chi connectivity index (χ3v) is 3.34. The van der Waals surface area contributed by atoms with Crippen LogP contribution < -0.4 is 4.74 Å². The summed E-state index contributed by atoms with van der Waals surface area (Å²) in [6.07, 6.45) is 1.14. The molecule has 4 heteroatoms. The monoisotopic (exact) mass is 246 g/mol. The van der Waals surface area contributed by atoms with Crippen LogP contribution in [-0.4, -0.2) is 7.11 Å². The predicted molar refractivity (Wildman–Crippen MR) is 59.4 cm³/mol. The molecule has 0 aliphatic heterocycles. The summed E-state index contributed by atoms with van der Waals surface area (Å²) in [5.41, 5.74) is 0.655. The second-order valence-electron chi connectivity index (χ2n) is 4.20. The maximum absolute atomic E-state index is 14.0. The first-order valence-corrected chi connectivity index (χ1v) is 5.57. The van der Waals surface area contributed by atoms with E-state index in [9.17, 15) is 8.78 Å². The lowest BCUT2D eigenvalue weighted by Crippen LogP contribution is -2.17. The zero-order valence-electron chi connectivity index (χ0n) is 9.19. The number of hydrogen-bond donors (Lipinski definition) is 0. The highest BCUT2D eigenvalue weighted by atomic mass is 35.5. The van der Waals surface area contributed by atoms with Gasteiger partial charge in [0, 0.05) is 10.9 Å². The minimum atomic E-state index is -2.83. The van der Waals surface area contributed by atoms with Crippen molar-refractivity contribution in [1.29, 1.82) is 0 Å². The average Bonchev–Trinajstić information content (AvgIpc) is 3.04. The van der Waals surface area contributed by atoms with Gasteiger partial charge in [0.2, 0.25) is 0 Å². The number of ether oxygens (including phenoxy) is 1. The van der Waals surface area contributed by atoms with Crippen molar-refractivity contribution in [3.8, 4) is 5.75 Å². The topological polar surface area (TPSA) is 9.23 Å². The van der Waals surface area contributed by atoms with Gasteiger partial charge in [0.1, 0.15) is 5.75 Å². The normalized spacial score (nSPS) is 16.3. The van der Waals surface area contributed by atoms with Crippen molar-refractivity contribution >= 4 is 11.6 Å². The summed E-state index contributed by atoms with van der Waals surface area (Å²) in [7, 11) is 1.40. The van der Waals surface area contributed by atoms with Gasteiger partial charge in [-0.3, -0.25) is 0 Å². The molecular weight excluding hydrogens is 234 g/mol. The van der Waals surface area contributed by atoms with Crippen molar-refractivity contribution in [2.75, 3.05) is 7.11 Å². The van der Waals surface area contributed by atoms with Crippen LogP contribution in [0.2, 0.25) is 5.02 Å². The van der Waals surface area contributed by atoms with Crippen molar-refractivity contribution in [3.63, 3.8) is 0 Å². The molecule has 1 aromatic rings. The van der Waals surface area contributed by atoms with Crippen LogP contribution in [0.15, 0.2) is 12.1 Å². The summed E-state index contributed by atoms with van der Waals surface area (Å²) in [5, 5.41) is 0.358. The van der Waals surface area contributed by atoms with Crippen LogP contribution in [-0.2, 0) is 5.92 Å². The van der Waals surface area contributed by atoms with E-state index in [2.05, 4.69) is 0 Å². The molecule has 1 saturated carbocycles. The molecule has 0 atom stereocenters. The molecule has 0 spiro atoms. The van der Waals surface area contributed by atoms with Crippen LogP contribution in [0.5, 0.6) is 5.75 Å². The minimum Gasteiger partial charge on any atom is -0.496 e. The third kappa shape index (κ3) is 1.88. The van der Waals surface area contributed by atoms with Crippen molar-refractivity contribution in [2.24, 2.45) is 5.92 Å². The smallest absolute Gasteiger partial charge is 0.279 e. The van der Waals surface area contributed by atoms with Crippen molar-refractivity contribution in [3.05, 3.63) is 28.3 Å². The van der Waals surface area contributed by atoms with Gasteiger partial charge in [-0.05, 0) is 37.5 Å². The fraction of sp³-hybridized carbons (Fsp3) is 0.500. The second kappa shape index (κ2) is 3.88. The molecule has 1 aliphatic rings. The van der Waals surface area contributed by atoms with Crippen molar-refractivity contribution < 1.29 is 13.5 Å². The van der Waals surface area contributed by atoms with E-state index < -0.39 is 11.8 Å². The molecule has 1 fully saturated rings. The van der Waals surface area contributed by atoms with Crippen LogP contribution in [0.4, 0.5) is 8.78 Å². The molecule has 0 radical (unpaired) electrons. The number of rotatable bonds is 3. The van der Waals surface area contributed by atoms with E-state index in [-0.39, 0.29) is 11.3 Å². The lowest BCUT2D eigenvalue weighted by atomic mass is 10.0. The largest absolute Gasteiger partial charge is 0.496 e. The fourth-order valence-corrected chi connectivity index (χ4v) is 1.91. The zero-order valence-corrected chi connectivity index (χ0v) is 9.94. The van der Waals surface area contributed by atoms with E-state index in [1.807, 2.05) is 0 Å². The molecule has 1 aliphatic carbocycles. The molecule has 0 saturated heterocycles. The Morgan fingerprint density at radius 3 is 2.50 bits per heavy atom. The van der Waals surface area contributed by atoms with E-state index in [0.717, 1.165) is 5.56 Å². The first-order valence-electron chi connectivity index (χ1n) is 5.19. The molecule has 0 aromatic heterocycles. The standard InChI is InChI=1S/C12H13ClF2O/c1-7-5-11(16-2)9(6-10(7)13)12(14,15)8-3-4-8/h5-6,8H,3-4H2,1-2H3. The van der Waals surface area contributed by atoms with Crippen molar-refractivity contribution in [2.45, 2.75) is 25.7 Å². The van der Waals surface area contributed by atoms with Gasteiger partial charge < -0.3 is 4.74 Å². The number of benzene rings is 1. The second-order valence-corrected chi connectivity index (χ2v) is 4.61. The van der Waals surface area contributed by atoms with Gasteiger partial charge in [0.05, 0.1) is 12.7 Å². The Balaban J connectivity index is 2.49. The zero-order chi connectivity index (χ0) is 11.9. The van der Waals surface area contributed by atoms with Crippen LogP contribution in [0.3, 0.4) is 0 Å². The Morgan fingerprint density at radius 1 is 1.38 bits per heavy atom. The van der Waals surface area contributed by atoms with Gasteiger partial charge in [-0.2, -0.15) is 0 Å². The molecule has 88 valence electrons. The molecule has 0 heterocycles. The van der Waals surface area contributed by atoms with E-state index in [4.69, 9.17) is 16.3 Å². The molecule has 0 N–H and O–H groups in total. The average molecular weight is 247 g/mol. The summed E-state index contributed by atoms with van der Waals surface area (Å²) in [6, 6.07) is 2.89. The quantitative estimate of drug-likeness (QED) is 0.778. The summed E-state index contributed by atoms with van der Waals surface area (Å²) in [4.78, 5) is 0. The van der Waals surface area contributed by atoms with Crippen LogP contribution >= 0.6 is 11.6 Å². The Labute approximate surface area is 98.4 Å². The van der Waals surface area contributed by atoms with Gasteiger partial charge in [-0.1, -0.05) is 11.6 Å². The number of alkyl halides is 2. The van der Waals surface area contributed by atoms with Crippen LogP contribution in [0, 0.1) is 12.8 Å². The highest BCUT2D eigenvalue weighted by Crippen LogP contribution is 2.52. The van der Waals surface area contributed by atoms with E-state index in [1.54, 1.807) is 13.0 Å². The van der Waals surface area contributed by atoms with Crippen molar-refractivity contribution in [1.82, 2.24) is 0 Å². The van der Waals surface area contributed by atoms with E-state index in [1.165, 1.54) is 13.2 Å². The minimum absolute atomic E-state index is 0.0897. The number of hydrogen-bond acceptors (Lipinski definition) is 1. The SMILES string of the molecule is COc1cc(C)c(Cl)cc1C(F)(F)C1CC1. The Morgan fingerprint density at radius 2 is 2.00 bits per heavy atom. The molecule has 16 heavy (non-hydrogen) atoms. The summed E-state index contributed by atoms with van der Waals surface area (Å²) >= 11 is 5.89. The van der Waals surface area contributed by atoms with Crippen LogP contribution in [0.25, 0.3) is 0 Å². The van der Waals surface area contributed by atoms with Gasteiger partial charge in [0.15, 0.2) is 0 Å². The van der Waals surface area contributed by atoms with Gasteiger partial charge >= 0.3 is 0 Å². The molecule has 1 nitrogen and oxygen atoms in total. The first-order chi connectivity index (χ1) is 7.46. The third-order valence-electron chi connectivity index (χ3n) is 2.93. The molecule has 2 rings (SSSR count). The molecule has 0 bridgehead atoms. The highest BCUT2D eigenvalue weighted by Gasteiger charge is 2.49. The number of methoxy groups -OCH3 is 1. The first kappa shape index (κ1) is 11.6. The van der Waals surface area contributed by atoms with E-state index >= 15 is 0 Å². The van der Waals surface area contributed by atoms with Gasteiger partial charge in [-0.15, -0.1) is 0 Å². The molecule has 1 aromatic carbocycles. The van der Waals surface area contributed by atoms with Gasteiger partial charge in [-0.25, -0.2) is 8.78 Å². The lowest BCUT2D eigenvalue weighted by Gasteiger charge is -2.20. The Hall–Kier alpha value is -0.830. The molecule has 0 unspecified atom stereocenters. The lowest BCUT2D eigenvalue weighted by molar-refractivity contribution is -0.0304. The van der Waals surface area contributed by atoms with Crippen LogP contribution in [0.1, 0.15) is 24.0 Å². The summed E-state index contributed by atoms with van der Waals surface area (Å²) in [5.74, 6) is -3.16. The fourth-order valence-electron chi connectivity index (χ4n) is 1.75. The molecule has 0 amide bonds. The maximum atomic E-state index is 14.0. The summed E-state index contributed by atoms with van der Waals surface area (Å²) < 4.78 is 32.9. The summed E-state index contributed by atoms with van der Waals surface area (Å²) in [6.45, 7) is 1.77. The van der Waals surface area contributed by atoms with Gasteiger partial charge in [0.25, 0.3) is 5.92 Å². The molecular formula is C12H13ClF2O.